The maximum absolute atomic E-state index is 4.74. The number of allylic oxidation sites excluding steroid dienone is 2. The van der Waals surface area contributed by atoms with Crippen LogP contribution in [0.2, 0.25) is 0 Å². The van der Waals surface area contributed by atoms with Crippen molar-refractivity contribution in [1.82, 2.24) is 14.8 Å². The molecular weight excluding hydrogens is 248 g/mol. The average Bonchev–Trinajstić information content (AvgIpc) is 2.83. The Morgan fingerprint density at radius 1 is 1.35 bits per heavy atom. The first-order valence-electron chi connectivity index (χ1n) is 6.96. The van der Waals surface area contributed by atoms with E-state index in [0.29, 0.717) is 5.92 Å². The topological polar surface area (TPSA) is 43.1 Å². The lowest BCUT2D eigenvalue weighted by Crippen LogP contribution is -2.05. The Bertz CT molecular complexity index is 652. The minimum atomic E-state index is 0.649. The summed E-state index contributed by atoms with van der Waals surface area (Å²) < 4.78 is 1.80. The summed E-state index contributed by atoms with van der Waals surface area (Å²) in [5, 5.41) is 4.48. The summed E-state index contributed by atoms with van der Waals surface area (Å²) in [6, 6.07) is 7.79. The molecule has 0 fully saturated rings. The van der Waals surface area contributed by atoms with Gasteiger partial charge in [-0.2, -0.15) is 9.78 Å². The molecule has 0 bridgehead atoms. The number of aliphatic imine (C=N–C) groups is 1. The van der Waals surface area contributed by atoms with Crippen LogP contribution in [0.1, 0.15) is 25.5 Å². The Balaban J connectivity index is 1.99. The predicted molar refractivity (Wildman–Crippen MR) is 80.7 cm³/mol. The molecule has 20 heavy (non-hydrogen) atoms. The zero-order valence-electron chi connectivity index (χ0n) is 11.8. The number of rotatable bonds is 2. The normalized spacial score (nSPS) is 20.5. The number of pyridine rings is 1. The summed E-state index contributed by atoms with van der Waals surface area (Å²) in [6.45, 7) is 4.21. The van der Waals surface area contributed by atoms with Crippen molar-refractivity contribution in [3.63, 3.8) is 0 Å². The Kier molecular flexibility index (Phi) is 3.46. The van der Waals surface area contributed by atoms with E-state index in [9.17, 15) is 0 Å². The molecule has 2 aromatic rings. The quantitative estimate of drug-likeness (QED) is 0.833. The molecule has 1 aliphatic rings. The van der Waals surface area contributed by atoms with Gasteiger partial charge in [-0.05, 0) is 43.9 Å². The van der Waals surface area contributed by atoms with Crippen molar-refractivity contribution >= 4 is 11.5 Å². The summed E-state index contributed by atoms with van der Waals surface area (Å²) in [6.07, 6.45) is 8.29. The summed E-state index contributed by atoms with van der Waals surface area (Å²) in [7, 11) is 0. The van der Waals surface area contributed by atoms with Crippen molar-refractivity contribution in [3.8, 4) is 5.82 Å². The highest BCUT2D eigenvalue weighted by Gasteiger charge is 2.11. The van der Waals surface area contributed by atoms with Crippen molar-refractivity contribution < 1.29 is 0 Å². The maximum atomic E-state index is 4.74. The molecule has 4 heteroatoms. The van der Waals surface area contributed by atoms with Crippen LogP contribution >= 0.6 is 0 Å². The lowest BCUT2D eigenvalue weighted by Gasteiger charge is -2.12. The van der Waals surface area contributed by atoms with E-state index >= 15 is 0 Å². The number of hydrogen-bond donors (Lipinski definition) is 0. The minimum absolute atomic E-state index is 0.649. The van der Waals surface area contributed by atoms with E-state index in [2.05, 4.69) is 29.2 Å². The van der Waals surface area contributed by atoms with Gasteiger partial charge in [0, 0.05) is 18.0 Å². The first-order chi connectivity index (χ1) is 9.72. The molecule has 102 valence electrons. The molecule has 0 amide bonds. The van der Waals surface area contributed by atoms with Gasteiger partial charge in [-0.15, -0.1) is 0 Å². The Morgan fingerprint density at radius 2 is 2.25 bits per heavy atom. The van der Waals surface area contributed by atoms with E-state index in [0.717, 1.165) is 35.9 Å². The fourth-order valence-electron chi connectivity index (χ4n) is 2.28. The first-order valence-corrected chi connectivity index (χ1v) is 6.96. The van der Waals surface area contributed by atoms with Crippen molar-refractivity contribution in [1.29, 1.82) is 0 Å². The molecule has 1 aliphatic carbocycles. The van der Waals surface area contributed by atoms with Crippen LogP contribution in [0.25, 0.3) is 5.82 Å². The number of nitrogens with zero attached hydrogens (tertiary/aromatic N) is 4. The van der Waals surface area contributed by atoms with Crippen LogP contribution in [0.5, 0.6) is 0 Å². The number of hydrogen-bond acceptors (Lipinski definition) is 3. The van der Waals surface area contributed by atoms with Gasteiger partial charge in [-0.3, -0.25) is 0 Å². The fourth-order valence-corrected chi connectivity index (χ4v) is 2.28. The van der Waals surface area contributed by atoms with E-state index in [4.69, 9.17) is 4.99 Å². The summed E-state index contributed by atoms with van der Waals surface area (Å²) in [5.41, 5.74) is 2.06. The van der Waals surface area contributed by atoms with Crippen LogP contribution in [-0.4, -0.2) is 20.5 Å². The second kappa shape index (κ2) is 5.41. The van der Waals surface area contributed by atoms with Gasteiger partial charge < -0.3 is 0 Å². The fraction of sp³-hybridized carbons (Fsp3) is 0.312. The van der Waals surface area contributed by atoms with Gasteiger partial charge >= 0.3 is 0 Å². The third-order valence-electron chi connectivity index (χ3n) is 3.41. The molecular formula is C16H18N4. The van der Waals surface area contributed by atoms with Crippen LogP contribution in [0, 0.1) is 12.8 Å². The third kappa shape index (κ3) is 2.69. The van der Waals surface area contributed by atoms with Gasteiger partial charge in [0.15, 0.2) is 11.6 Å². The lowest BCUT2D eigenvalue weighted by molar-refractivity contribution is 0.659. The molecule has 3 rings (SSSR count). The van der Waals surface area contributed by atoms with Crippen molar-refractivity contribution in [3.05, 3.63) is 48.3 Å². The highest BCUT2D eigenvalue weighted by atomic mass is 15.3. The standard InChI is InChI=1S/C16H18N4/c1-12-6-8-14(9-7-12)18-16-11-13(2)19-20(16)15-5-3-4-10-17-15/h3-6,8,10-12H,7,9H2,1-2H3. The summed E-state index contributed by atoms with van der Waals surface area (Å²) in [4.78, 5) is 9.08. The Hall–Kier alpha value is -2.23. The van der Waals surface area contributed by atoms with Crippen LogP contribution in [0.4, 0.5) is 5.82 Å². The van der Waals surface area contributed by atoms with E-state index < -0.39 is 0 Å². The lowest BCUT2D eigenvalue weighted by atomic mass is 9.96. The largest absolute Gasteiger partial charge is 0.237 e. The van der Waals surface area contributed by atoms with Gasteiger partial charge in [0.05, 0.1) is 5.69 Å². The molecule has 4 nitrogen and oxygen atoms in total. The first kappa shape index (κ1) is 12.8. The van der Waals surface area contributed by atoms with Crippen molar-refractivity contribution in [2.45, 2.75) is 26.7 Å². The zero-order valence-corrected chi connectivity index (χ0v) is 11.8. The highest BCUT2D eigenvalue weighted by Crippen LogP contribution is 2.22. The zero-order chi connectivity index (χ0) is 13.9. The van der Waals surface area contributed by atoms with E-state index in [1.807, 2.05) is 31.2 Å². The highest BCUT2D eigenvalue weighted by molar-refractivity contribution is 5.97. The number of aryl methyl sites for hydroxylation is 1. The summed E-state index contributed by atoms with van der Waals surface area (Å²) in [5.74, 6) is 2.29. The molecule has 1 atom stereocenters. The molecule has 0 saturated carbocycles. The molecule has 0 N–H and O–H groups in total. The molecule has 0 radical (unpaired) electrons. The Morgan fingerprint density at radius 3 is 2.95 bits per heavy atom. The molecule has 2 aromatic heterocycles. The van der Waals surface area contributed by atoms with Crippen LogP contribution in [-0.2, 0) is 0 Å². The van der Waals surface area contributed by atoms with Gasteiger partial charge in [0.1, 0.15) is 0 Å². The molecule has 2 heterocycles. The molecule has 0 saturated heterocycles. The minimum Gasteiger partial charge on any atom is -0.237 e. The van der Waals surface area contributed by atoms with Crippen LogP contribution in [0.3, 0.4) is 0 Å². The molecule has 0 spiro atoms. The molecule has 0 aliphatic heterocycles. The third-order valence-corrected chi connectivity index (χ3v) is 3.41. The van der Waals surface area contributed by atoms with E-state index in [-0.39, 0.29) is 0 Å². The van der Waals surface area contributed by atoms with E-state index in [1.165, 1.54) is 0 Å². The summed E-state index contributed by atoms with van der Waals surface area (Å²) >= 11 is 0. The maximum Gasteiger partial charge on any atom is 0.157 e. The number of aromatic nitrogens is 3. The van der Waals surface area contributed by atoms with Gasteiger partial charge in [0.25, 0.3) is 0 Å². The molecule has 0 aromatic carbocycles. The van der Waals surface area contributed by atoms with E-state index in [1.54, 1.807) is 10.9 Å². The average molecular weight is 266 g/mol. The van der Waals surface area contributed by atoms with Gasteiger partial charge in [-0.25, -0.2) is 9.98 Å². The monoisotopic (exact) mass is 266 g/mol. The van der Waals surface area contributed by atoms with Crippen LogP contribution in [0.15, 0.2) is 47.6 Å². The van der Waals surface area contributed by atoms with Crippen molar-refractivity contribution in [2.75, 3.05) is 0 Å². The second-order valence-corrected chi connectivity index (χ2v) is 5.22. The van der Waals surface area contributed by atoms with Gasteiger partial charge in [-0.1, -0.05) is 19.1 Å². The van der Waals surface area contributed by atoms with Gasteiger partial charge in [0.2, 0.25) is 0 Å². The molecule has 1 unspecified atom stereocenters. The Labute approximate surface area is 118 Å². The smallest absolute Gasteiger partial charge is 0.157 e. The second-order valence-electron chi connectivity index (χ2n) is 5.22. The predicted octanol–water partition coefficient (Wildman–Crippen LogP) is 3.63. The van der Waals surface area contributed by atoms with Crippen molar-refractivity contribution in [2.24, 2.45) is 10.9 Å². The SMILES string of the molecule is Cc1cc(N=C2C=CC(C)CC2)n(-c2ccccn2)n1. The van der Waals surface area contributed by atoms with Crippen LogP contribution < -0.4 is 0 Å².